The summed E-state index contributed by atoms with van der Waals surface area (Å²) >= 11 is 0. The zero-order chi connectivity index (χ0) is 15.5. The summed E-state index contributed by atoms with van der Waals surface area (Å²) in [6.07, 6.45) is 10.0. The summed E-state index contributed by atoms with van der Waals surface area (Å²) in [5.41, 5.74) is 1.32. The van der Waals surface area contributed by atoms with Gasteiger partial charge in [0, 0.05) is 18.5 Å². The minimum absolute atomic E-state index is 0.538. The normalized spacial score (nSPS) is 23.4. The van der Waals surface area contributed by atoms with E-state index in [2.05, 4.69) is 50.0 Å². The molecule has 4 nitrogen and oxygen atoms in total. The molecule has 4 rings (SSSR count). The Balaban J connectivity index is 1.48. The smallest absolute Gasteiger partial charge is 0.137 e. The van der Waals surface area contributed by atoms with Crippen LogP contribution in [0.25, 0.3) is 0 Å². The van der Waals surface area contributed by atoms with Gasteiger partial charge in [0.1, 0.15) is 12.2 Å². The first-order chi connectivity index (χ1) is 11.4. The van der Waals surface area contributed by atoms with E-state index in [0.29, 0.717) is 5.92 Å². The first-order valence-corrected chi connectivity index (χ1v) is 9.06. The summed E-state index contributed by atoms with van der Waals surface area (Å²) in [5.74, 6) is 1.71. The fourth-order valence-corrected chi connectivity index (χ4v) is 4.30. The molecule has 1 aromatic carbocycles. The quantitative estimate of drug-likeness (QED) is 0.867. The Bertz CT molecular complexity index is 615. The zero-order valence-electron chi connectivity index (χ0n) is 13.8. The third-order valence-electron chi connectivity index (χ3n) is 5.50. The van der Waals surface area contributed by atoms with Gasteiger partial charge in [0.05, 0.1) is 6.54 Å². The van der Waals surface area contributed by atoms with Crippen LogP contribution in [-0.2, 0) is 6.54 Å². The van der Waals surface area contributed by atoms with Crippen LogP contribution in [0.1, 0.15) is 55.8 Å². The Morgan fingerprint density at radius 1 is 1.00 bits per heavy atom. The maximum absolute atomic E-state index is 4.48. The molecule has 0 spiro atoms. The number of hydrogen-bond acceptors (Lipinski definition) is 3. The Kier molecular flexibility index (Phi) is 4.42. The summed E-state index contributed by atoms with van der Waals surface area (Å²) in [7, 11) is 0. The Morgan fingerprint density at radius 2 is 1.83 bits per heavy atom. The largest absolute Gasteiger partial charge is 0.313 e. The maximum atomic E-state index is 4.48. The molecule has 1 aliphatic carbocycles. The van der Waals surface area contributed by atoms with Gasteiger partial charge in [-0.1, -0.05) is 43.2 Å². The highest BCUT2D eigenvalue weighted by atomic mass is 15.3. The van der Waals surface area contributed by atoms with Gasteiger partial charge in [-0.25, -0.2) is 0 Å². The molecule has 1 saturated heterocycles. The third kappa shape index (κ3) is 3.32. The van der Waals surface area contributed by atoms with Crippen LogP contribution in [0.15, 0.2) is 36.7 Å². The third-order valence-corrected chi connectivity index (χ3v) is 5.50. The van der Waals surface area contributed by atoms with Gasteiger partial charge < -0.3 is 4.57 Å². The lowest BCUT2D eigenvalue weighted by molar-refractivity contribution is 0.146. The number of likely N-dealkylation sites (tertiary alicyclic amines) is 1. The lowest BCUT2D eigenvalue weighted by Gasteiger charge is -2.36. The van der Waals surface area contributed by atoms with Crippen LogP contribution in [0.5, 0.6) is 0 Å². The fourth-order valence-electron chi connectivity index (χ4n) is 4.30. The second-order valence-corrected chi connectivity index (χ2v) is 7.08. The standard InChI is InChI=1S/C19H26N4/c1-2-7-16(8-3-1)13-23-15-20-21-19(23)17-9-6-12-22(14-17)18-10-4-5-11-18/h1-3,7-8,15,17-18H,4-6,9-14H2. The summed E-state index contributed by atoms with van der Waals surface area (Å²) in [5, 5.41) is 8.69. The summed E-state index contributed by atoms with van der Waals surface area (Å²) in [6, 6.07) is 11.4. The fraction of sp³-hybridized carbons (Fsp3) is 0.579. The molecule has 23 heavy (non-hydrogen) atoms. The number of nitrogens with zero attached hydrogens (tertiary/aromatic N) is 4. The molecule has 1 aromatic heterocycles. The van der Waals surface area contributed by atoms with Crippen molar-refractivity contribution in [1.29, 1.82) is 0 Å². The van der Waals surface area contributed by atoms with Crippen LogP contribution in [0.3, 0.4) is 0 Å². The van der Waals surface area contributed by atoms with Crippen LogP contribution in [-0.4, -0.2) is 38.8 Å². The van der Waals surface area contributed by atoms with E-state index in [9.17, 15) is 0 Å². The molecule has 4 heteroatoms. The van der Waals surface area contributed by atoms with Crippen molar-refractivity contribution in [2.24, 2.45) is 0 Å². The minimum Gasteiger partial charge on any atom is -0.313 e. The number of benzene rings is 1. The molecule has 1 unspecified atom stereocenters. The average molecular weight is 310 g/mol. The van der Waals surface area contributed by atoms with E-state index in [0.717, 1.165) is 19.1 Å². The number of aromatic nitrogens is 3. The molecule has 0 bridgehead atoms. The highest BCUT2D eigenvalue weighted by molar-refractivity contribution is 5.16. The van der Waals surface area contributed by atoms with Crippen LogP contribution >= 0.6 is 0 Å². The SMILES string of the molecule is c1ccc(Cn2cnnc2C2CCCN(C3CCCC3)C2)cc1. The molecule has 1 saturated carbocycles. The second kappa shape index (κ2) is 6.83. The first kappa shape index (κ1) is 14.9. The van der Waals surface area contributed by atoms with E-state index in [-0.39, 0.29) is 0 Å². The Labute approximate surface area is 138 Å². The zero-order valence-corrected chi connectivity index (χ0v) is 13.8. The van der Waals surface area contributed by atoms with Crippen molar-refractivity contribution in [2.75, 3.05) is 13.1 Å². The lowest BCUT2D eigenvalue weighted by atomic mass is 9.95. The molecule has 0 radical (unpaired) electrons. The predicted molar refractivity (Wildman–Crippen MR) is 91.4 cm³/mol. The number of piperidine rings is 1. The molecule has 1 atom stereocenters. The van der Waals surface area contributed by atoms with Gasteiger partial charge in [-0.3, -0.25) is 4.90 Å². The van der Waals surface area contributed by atoms with Crippen molar-refractivity contribution >= 4 is 0 Å². The van der Waals surface area contributed by atoms with Gasteiger partial charge >= 0.3 is 0 Å². The molecule has 2 heterocycles. The summed E-state index contributed by atoms with van der Waals surface area (Å²) in [4.78, 5) is 2.72. The highest BCUT2D eigenvalue weighted by Gasteiger charge is 2.30. The average Bonchev–Trinajstić information content (AvgIpc) is 3.28. The van der Waals surface area contributed by atoms with E-state index in [1.807, 2.05) is 6.33 Å². The van der Waals surface area contributed by atoms with Crippen molar-refractivity contribution in [3.05, 3.63) is 48.0 Å². The monoisotopic (exact) mass is 310 g/mol. The van der Waals surface area contributed by atoms with Crippen molar-refractivity contribution in [2.45, 2.75) is 57.0 Å². The van der Waals surface area contributed by atoms with Gasteiger partial charge in [-0.15, -0.1) is 10.2 Å². The minimum atomic E-state index is 0.538. The molecular weight excluding hydrogens is 284 g/mol. The van der Waals surface area contributed by atoms with E-state index in [1.165, 1.54) is 56.5 Å². The Morgan fingerprint density at radius 3 is 2.65 bits per heavy atom. The van der Waals surface area contributed by atoms with Crippen LogP contribution in [0.4, 0.5) is 0 Å². The van der Waals surface area contributed by atoms with Gasteiger partial charge in [-0.05, 0) is 37.8 Å². The molecule has 2 fully saturated rings. The van der Waals surface area contributed by atoms with Crippen molar-refractivity contribution in [3.8, 4) is 0 Å². The van der Waals surface area contributed by atoms with E-state index >= 15 is 0 Å². The second-order valence-electron chi connectivity index (χ2n) is 7.08. The van der Waals surface area contributed by atoms with Crippen molar-refractivity contribution < 1.29 is 0 Å². The van der Waals surface area contributed by atoms with Gasteiger partial charge in [0.15, 0.2) is 0 Å². The number of hydrogen-bond donors (Lipinski definition) is 0. The topological polar surface area (TPSA) is 34.0 Å². The van der Waals surface area contributed by atoms with Crippen LogP contribution in [0, 0.1) is 0 Å². The molecule has 122 valence electrons. The van der Waals surface area contributed by atoms with Crippen LogP contribution < -0.4 is 0 Å². The molecular formula is C19H26N4. The van der Waals surface area contributed by atoms with E-state index in [1.54, 1.807) is 0 Å². The van der Waals surface area contributed by atoms with Crippen molar-refractivity contribution in [3.63, 3.8) is 0 Å². The van der Waals surface area contributed by atoms with Crippen LogP contribution in [0.2, 0.25) is 0 Å². The lowest BCUT2D eigenvalue weighted by Crippen LogP contribution is -2.41. The molecule has 0 N–H and O–H groups in total. The Hall–Kier alpha value is -1.68. The first-order valence-electron chi connectivity index (χ1n) is 9.06. The molecule has 1 aliphatic heterocycles. The van der Waals surface area contributed by atoms with E-state index < -0.39 is 0 Å². The van der Waals surface area contributed by atoms with Gasteiger partial charge in [0.2, 0.25) is 0 Å². The van der Waals surface area contributed by atoms with Gasteiger partial charge in [-0.2, -0.15) is 0 Å². The maximum Gasteiger partial charge on any atom is 0.137 e. The summed E-state index contributed by atoms with van der Waals surface area (Å²) in [6.45, 7) is 3.31. The van der Waals surface area contributed by atoms with Gasteiger partial charge in [0.25, 0.3) is 0 Å². The molecule has 2 aliphatic rings. The molecule has 2 aromatic rings. The number of rotatable bonds is 4. The van der Waals surface area contributed by atoms with Crippen molar-refractivity contribution in [1.82, 2.24) is 19.7 Å². The summed E-state index contributed by atoms with van der Waals surface area (Å²) < 4.78 is 2.25. The predicted octanol–water partition coefficient (Wildman–Crippen LogP) is 3.45. The molecule has 0 amide bonds. The highest BCUT2D eigenvalue weighted by Crippen LogP contribution is 2.31. The van der Waals surface area contributed by atoms with E-state index in [4.69, 9.17) is 0 Å².